The molecule has 0 atom stereocenters. The molecule has 0 aromatic heterocycles. The van der Waals surface area contributed by atoms with Gasteiger partial charge in [0.05, 0.1) is 0 Å². The van der Waals surface area contributed by atoms with E-state index in [1.54, 1.807) is 0 Å². The minimum absolute atomic E-state index is 0.613. The minimum Gasteiger partial charge on any atom is -0.399 e. The van der Waals surface area contributed by atoms with Gasteiger partial charge in [0, 0.05) is 23.2 Å². The molecular weight excluding hydrogens is 276 g/mol. The molecule has 0 heterocycles. The lowest BCUT2D eigenvalue weighted by Gasteiger charge is -2.15. The molecule has 0 spiro atoms. The molecule has 2 nitrogen and oxygen atoms in total. The second kappa shape index (κ2) is 5.40. The molecule has 3 heteroatoms. The van der Waals surface area contributed by atoms with E-state index in [1.165, 1.54) is 31.2 Å². The molecule has 0 saturated heterocycles. The first-order valence-corrected chi connectivity index (χ1v) is 7.19. The van der Waals surface area contributed by atoms with Crippen LogP contribution in [0.25, 0.3) is 0 Å². The van der Waals surface area contributed by atoms with Crippen molar-refractivity contribution in [2.24, 2.45) is 5.41 Å². The molecule has 2 rings (SSSR count). The Morgan fingerprint density at radius 1 is 1.41 bits per heavy atom. The Morgan fingerprint density at radius 3 is 2.82 bits per heavy atom. The lowest BCUT2D eigenvalue weighted by molar-refractivity contribution is 0.420. The Bertz CT molecular complexity index is 386. The molecule has 1 aromatic carbocycles. The fourth-order valence-electron chi connectivity index (χ4n) is 2.41. The van der Waals surface area contributed by atoms with Gasteiger partial charge >= 0.3 is 0 Å². The van der Waals surface area contributed by atoms with Crippen LogP contribution >= 0.6 is 15.9 Å². The van der Waals surface area contributed by atoms with Gasteiger partial charge in [-0.15, -0.1) is 0 Å². The van der Waals surface area contributed by atoms with Gasteiger partial charge in [0.2, 0.25) is 0 Å². The predicted octanol–water partition coefficient (Wildman–Crippen LogP) is 3.70. The van der Waals surface area contributed by atoms with Gasteiger partial charge in [-0.3, -0.25) is 0 Å². The maximum atomic E-state index is 5.80. The summed E-state index contributed by atoms with van der Waals surface area (Å²) in [5, 5.41) is 3.57. The third kappa shape index (κ3) is 3.46. The number of hydrogen-bond acceptors (Lipinski definition) is 2. The summed E-state index contributed by atoms with van der Waals surface area (Å²) in [7, 11) is 0. The van der Waals surface area contributed by atoms with E-state index < -0.39 is 0 Å². The van der Waals surface area contributed by atoms with Gasteiger partial charge in [0.25, 0.3) is 0 Å². The molecule has 3 N–H and O–H groups in total. The normalized spacial score (nSPS) is 17.1. The van der Waals surface area contributed by atoms with Crippen LogP contribution < -0.4 is 11.1 Å². The number of nitrogens with one attached hydrogen (secondary N) is 1. The molecule has 1 saturated carbocycles. The number of nitrogen functional groups attached to an aromatic ring is 1. The molecule has 17 heavy (non-hydrogen) atoms. The summed E-state index contributed by atoms with van der Waals surface area (Å²) in [6.07, 6.45) is 5.44. The highest BCUT2D eigenvalue weighted by Crippen LogP contribution is 2.48. The lowest BCUT2D eigenvalue weighted by Crippen LogP contribution is -2.23. The zero-order valence-electron chi connectivity index (χ0n) is 10.4. The standard InChI is InChI=1S/C14H21BrN2/c1-2-5-14(6-7-14)10-17-9-11-8-12(16)3-4-13(11)15/h3-4,8,17H,2,5-7,9-10,16H2,1H3. The summed E-state index contributed by atoms with van der Waals surface area (Å²) in [5.74, 6) is 0. The summed E-state index contributed by atoms with van der Waals surface area (Å²) < 4.78 is 1.14. The van der Waals surface area contributed by atoms with Crippen LogP contribution in [0.5, 0.6) is 0 Å². The van der Waals surface area contributed by atoms with E-state index in [2.05, 4.69) is 28.2 Å². The van der Waals surface area contributed by atoms with Crippen LogP contribution in [0.3, 0.4) is 0 Å². The van der Waals surface area contributed by atoms with E-state index in [0.717, 1.165) is 23.2 Å². The SMILES string of the molecule is CCCC1(CNCc2cc(N)ccc2Br)CC1. The van der Waals surface area contributed by atoms with Crippen molar-refractivity contribution in [2.45, 2.75) is 39.2 Å². The minimum atomic E-state index is 0.613. The summed E-state index contributed by atoms with van der Waals surface area (Å²) in [6, 6.07) is 5.98. The van der Waals surface area contributed by atoms with Crippen molar-refractivity contribution in [1.29, 1.82) is 0 Å². The van der Waals surface area contributed by atoms with Gasteiger partial charge in [0.1, 0.15) is 0 Å². The maximum Gasteiger partial charge on any atom is 0.0318 e. The van der Waals surface area contributed by atoms with Gasteiger partial charge in [-0.25, -0.2) is 0 Å². The van der Waals surface area contributed by atoms with Crippen LogP contribution in [0.2, 0.25) is 0 Å². The van der Waals surface area contributed by atoms with Crippen molar-refractivity contribution >= 4 is 21.6 Å². The van der Waals surface area contributed by atoms with Crippen LogP contribution in [-0.2, 0) is 6.54 Å². The Balaban J connectivity index is 1.84. The van der Waals surface area contributed by atoms with Crippen LogP contribution in [0.4, 0.5) is 5.69 Å². The smallest absolute Gasteiger partial charge is 0.0318 e. The quantitative estimate of drug-likeness (QED) is 0.786. The molecule has 0 aliphatic heterocycles. The average molecular weight is 297 g/mol. The van der Waals surface area contributed by atoms with Crippen molar-refractivity contribution in [3.63, 3.8) is 0 Å². The van der Waals surface area contributed by atoms with Crippen LogP contribution in [-0.4, -0.2) is 6.54 Å². The van der Waals surface area contributed by atoms with E-state index in [1.807, 2.05) is 18.2 Å². The van der Waals surface area contributed by atoms with Crippen molar-refractivity contribution in [2.75, 3.05) is 12.3 Å². The number of halogens is 1. The number of rotatable bonds is 6. The van der Waals surface area contributed by atoms with E-state index in [4.69, 9.17) is 5.73 Å². The molecule has 0 bridgehead atoms. The molecule has 1 aliphatic carbocycles. The number of benzene rings is 1. The topological polar surface area (TPSA) is 38.0 Å². The monoisotopic (exact) mass is 296 g/mol. The number of nitrogens with two attached hydrogens (primary N) is 1. The van der Waals surface area contributed by atoms with Crippen molar-refractivity contribution in [3.8, 4) is 0 Å². The molecule has 94 valence electrons. The average Bonchev–Trinajstić information content (AvgIpc) is 3.04. The zero-order chi connectivity index (χ0) is 12.3. The van der Waals surface area contributed by atoms with Crippen LogP contribution in [0.15, 0.2) is 22.7 Å². The first-order valence-electron chi connectivity index (χ1n) is 6.40. The second-order valence-electron chi connectivity index (χ2n) is 5.20. The highest BCUT2D eigenvalue weighted by atomic mass is 79.9. The number of hydrogen-bond donors (Lipinski definition) is 2. The Hall–Kier alpha value is -0.540. The largest absolute Gasteiger partial charge is 0.399 e. The molecular formula is C14H21BrN2. The van der Waals surface area contributed by atoms with E-state index >= 15 is 0 Å². The van der Waals surface area contributed by atoms with Gasteiger partial charge in [-0.1, -0.05) is 29.3 Å². The van der Waals surface area contributed by atoms with Gasteiger partial charge in [0.15, 0.2) is 0 Å². The van der Waals surface area contributed by atoms with E-state index in [9.17, 15) is 0 Å². The highest BCUT2D eigenvalue weighted by Gasteiger charge is 2.40. The Kier molecular flexibility index (Phi) is 4.10. The molecule has 0 amide bonds. The van der Waals surface area contributed by atoms with Crippen molar-refractivity contribution in [1.82, 2.24) is 5.32 Å². The summed E-state index contributed by atoms with van der Waals surface area (Å²) in [5.41, 5.74) is 8.49. The summed E-state index contributed by atoms with van der Waals surface area (Å²) in [6.45, 7) is 4.31. The molecule has 0 unspecified atom stereocenters. The first-order chi connectivity index (χ1) is 8.15. The van der Waals surface area contributed by atoms with E-state index in [0.29, 0.717) is 5.41 Å². The van der Waals surface area contributed by atoms with Gasteiger partial charge in [-0.2, -0.15) is 0 Å². The fourth-order valence-corrected chi connectivity index (χ4v) is 2.80. The van der Waals surface area contributed by atoms with E-state index in [-0.39, 0.29) is 0 Å². The Labute approximate surface area is 112 Å². The second-order valence-corrected chi connectivity index (χ2v) is 6.06. The third-order valence-electron chi connectivity index (χ3n) is 3.62. The van der Waals surface area contributed by atoms with Gasteiger partial charge < -0.3 is 11.1 Å². The summed E-state index contributed by atoms with van der Waals surface area (Å²) in [4.78, 5) is 0. The molecule has 1 aromatic rings. The molecule has 1 aliphatic rings. The molecule has 1 fully saturated rings. The first kappa shape index (κ1) is 12.9. The maximum absolute atomic E-state index is 5.80. The van der Waals surface area contributed by atoms with Gasteiger partial charge in [-0.05, 0) is 48.4 Å². The summed E-state index contributed by atoms with van der Waals surface area (Å²) >= 11 is 3.56. The van der Waals surface area contributed by atoms with Crippen LogP contribution in [0.1, 0.15) is 38.2 Å². The van der Waals surface area contributed by atoms with Crippen molar-refractivity contribution in [3.05, 3.63) is 28.2 Å². The molecule has 0 radical (unpaired) electrons. The third-order valence-corrected chi connectivity index (χ3v) is 4.40. The lowest BCUT2D eigenvalue weighted by atomic mass is 10.0. The number of anilines is 1. The fraction of sp³-hybridized carbons (Fsp3) is 0.571. The van der Waals surface area contributed by atoms with Crippen molar-refractivity contribution < 1.29 is 0 Å². The Morgan fingerprint density at radius 2 is 2.18 bits per heavy atom. The highest BCUT2D eigenvalue weighted by molar-refractivity contribution is 9.10. The zero-order valence-corrected chi connectivity index (χ0v) is 12.0. The predicted molar refractivity (Wildman–Crippen MR) is 76.8 cm³/mol. The van der Waals surface area contributed by atoms with Crippen LogP contribution in [0, 0.1) is 5.41 Å².